The molecule has 3 nitrogen and oxygen atoms in total. The first-order valence-electron chi connectivity index (χ1n) is 2.41. The van der Waals surface area contributed by atoms with Crippen LogP contribution in [-0.2, 0) is 14.2 Å². The van der Waals surface area contributed by atoms with Crippen LogP contribution in [0.1, 0.15) is 0 Å². The highest BCUT2D eigenvalue weighted by Crippen LogP contribution is 1.89. The van der Waals surface area contributed by atoms with E-state index in [9.17, 15) is 0 Å². The topological polar surface area (TPSA) is 27.7 Å². The minimum Gasteiger partial charge on any atom is -0.466 e. The van der Waals surface area contributed by atoms with E-state index in [4.69, 9.17) is 14.2 Å². The number of hydrogen-bond acceptors (Lipinski definition) is 3. The van der Waals surface area contributed by atoms with Gasteiger partial charge in [0.15, 0.2) is 0 Å². The van der Waals surface area contributed by atoms with Gasteiger partial charge >= 0.3 is 0 Å². The molecule has 0 atom stereocenters. The lowest BCUT2D eigenvalue weighted by Gasteiger charge is -1.84. The SMILES string of the molecule is C1=CO/C=C\O/C=C\O1. The molecule has 0 aromatic heterocycles. The molecule has 1 rings (SSSR count). The largest absolute Gasteiger partial charge is 0.466 e. The van der Waals surface area contributed by atoms with Crippen molar-refractivity contribution in [3.63, 3.8) is 0 Å². The van der Waals surface area contributed by atoms with Crippen molar-refractivity contribution in [2.24, 2.45) is 0 Å². The van der Waals surface area contributed by atoms with Crippen LogP contribution in [0.3, 0.4) is 0 Å². The van der Waals surface area contributed by atoms with Gasteiger partial charge in [0, 0.05) is 0 Å². The molecule has 9 heavy (non-hydrogen) atoms. The van der Waals surface area contributed by atoms with Crippen LogP contribution in [0, 0.1) is 0 Å². The van der Waals surface area contributed by atoms with E-state index in [1.807, 2.05) is 0 Å². The molecule has 1 heterocycles. The fraction of sp³-hybridized carbons (Fsp3) is 0. The van der Waals surface area contributed by atoms with Crippen LogP contribution < -0.4 is 0 Å². The average molecular weight is 126 g/mol. The van der Waals surface area contributed by atoms with Crippen LogP contribution in [0.2, 0.25) is 0 Å². The number of rotatable bonds is 0. The second kappa shape index (κ2) is 3.60. The van der Waals surface area contributed by atoms with E-state index in [1.165, 1.54) is 37.6 Å². The summed E-state index contributed by atoms with van der Waals surface area (Å²) >= 11 is 0. The Morgan fingerprint density at radius 3 is 0.889 bits per heavy atom. The molecule has 0 N–H and O–H groups in total. The van der Waals surface area contributed by atoms with E-state index < -0.39 is 0 Å². The van der Waals surface area contributed by atoms with Crippen LogP contribution in [0.4, 0.5) is 0 Å². The predicted molar refractivity (Wildman–Crippen MR) is 30.7 cm³/mol. The molecule has 3 heteroatoms. The Bertz CT molecular complexity index is 106. The van der Waals surface area contributed by atoms with Crippen LogP contribution in [-0.4, -0.2) is 0 Å². The molecule has 0 aromatic rings. The normalized spacial score (nSPS) is 23.1. The second-order valence-corrected chi connectivity index (χ2v) is 1.22. The van der Waals surface area contributed by atoms with Gasteiger partial charge in [-0.25, -0.2) is 0 Å². The van der Waals surface area contributed by atoms with Gasteiger partial charge in [-0.3, -0.25) is 0 Å². The van der Waals surface area contributed by atoms with Crippen molar-refractivity contribution in [3.05, 3.63) is 37.6 Å². The van der Waals surface area contributed by atoms with E-state index in [0.717, 1.165) is 0 Å². The predicted octanol–water partition coefficient (Wildman–Crippen LogP) is 1.46. The molecule has 0 amide bonds. The maximum absolute atomic E-state index is 4.70. The third-order valence-electron chi connectivity index (χ3n) is 0.638. The van der Waals surface area contributed by atoms with Crippen LogP contribution in [0.5, 0.6) is 0 Å². The molecule has 0 bridgehead atoms. The summed E-state index contributed by atoms with van der Waals surface area (Å²) in [5.41, 5.74) is 0. The Morgan fingerprint density at radius 2 is 0.667 bits per heavy atom. The van der Waals surface area contributed by atoms with Crippen molar-refractivity contribution in [1.29, 1.82) is 0 Å². The van der Waals surface area contributed by atoms with Gasteiger partial charge in [0.05, 0.1) is 0 Å². The zero-order valence-electron chi connectivity index (χ0n) is 4.69. The Labute approximate surface area is 52.8 Å². The smallest absolute Gasteiger partial charge is 0.125 e. The fourth-order valence-corrected chi connectivity index (χ4v) is 0.329. The zero-order valence-corrected chi connectivity index (χ0v) is 4.69. The van der Waals surface area contributed by atoms with Gasteiger partial charge < -0.3 is 14.2 Å². The summed E-state index contributed by atoms with van der Waals surface area (Å²) in [7, 11) is 0. The van der Waals surface area contributed by atoms with Gasteiger partial charge in [0.25, 0.3) is 0 Å². The van der Waals surface area contributed by atoms with Crippen LogP contribution in [0.25, 0.3) is 0 Å². The molecule has 0 fully saturated rings. The van der Waals surface area contributed by atoms with Crippen molar-refractivity contribution in [1.82, 2.24) is 0 Å². The summed E-state index contributed by atoms with van der Waals surface area (Å²) in [5, 5.41) is 0. The maximum atomic E-state index is 4.70. The standard InChI is InChI=1S/C6H6O3/c1-2-8-5-6-9-4-3-7-1/h1-6H/b2-1-,4-3-,6-5?. The van der Waals surface area contributed by atoms with Crippen molar-refractivity contribution in [3.8, 4) is 0 Å². The highest BCUT2D eigenvalue weighted by molar-refractivity contribution is 4.77. The lowest BCUT2D eigenvalue weighted by molar-refractivity contribution is 0.346. The Balaban J connectivity index is 2.43. The Hall–Kier alpha value is -1.38. The van der Waals surface area contributed by atoms with Crippen molar-refractivity contribution in [2.75, 3.05) is 0 Å². The highest BCUT2D eigenvalue weighted by atomic mass is 16.5. The van der Waals surface area contributed by atoms with Gasteiger partial charge in [-0.15, -0.1) is 0 Å². The monoisotopic (exact) mass is 126 g/mol. The summed E-state index contributed by atoms with van der Waals surface area (Å²) in [6.45, 7) is 0. The first-order valence-corrected chi connectivity index (χ1v) is 2.41. The van der Waals surface area contributed by atoms with E-state index >= 15 is 0 Å². The van der Waals surface area contributed by atoms with E-state index in [0.29, 0.717) is 0 Å². The maximum Gasteiger partial charge on any atom is 0.125 e. The third kappa shape index (κ3) is 2.43. The number of ether oxygens (including phenoxy) is 3. The van der Waals surface area contributed by atoms with Crippen molar-refractivity contribution >= 4 is 0 Å². The van der Waals surface area contributed by atoms with Crippen LogP contribution >= 0.6 is 0 Å². The molecule has 0 spiro atoms. The van der Waals surface area contributed by atoms with Crippen molar-refractivity contribution in [2.45, 2.75) is 0 Å². The lowest BCUT2D eigenvalue weighted by atomic mass is 11.0. The fourth-order valence-electron chi connectivity index (χ4n) is 0.329. The van der Waals surface area contributed by atoms with E-state index in [1.54, 1.807) is 0 Å². The highest BCUT2D eigenvalue weighted by Gasteiger charge is 1.75. The minimum absolute atomic E-state index is 1.40. The number of hydrogen-bond donors (Lipinski definition) is 0. The van der Waals surface area contributed by atoms with Gasteiger partial charge in [0.1, 0.15) is 37.6 Å². The van der Waals surface area contributed by atoms with E-state index in [-0.39, 0.29) is 0 Å². The quantitative estimate of drug-likeness (QED) is 0.491. The molecule has 0 aliphatic carbocycles. The molecular weight excluding hydrogens is 120 g/mol. The minimum atomic E-state index is 1.40. The summed E-state index contributed by atoms with van der Waals surface area (Å²) in [5.74, 6) is 0. The summed E-state index contributed by atoms with van der Waals surface area (Å²) < 4.78 is 14.1. The first kappa shape index (κ1) is 5.75. The first-order chi connectivity index (χ1) is 4.50. The Morgan fingerprint density at radius 1 is 0.444 bits per heavy atom. The van der Waals surface area contributed by atoms with Crippen LogP contribution in [0.15, 0.2) is 37.6 Å². The van der Waals surface area contributed by atoms with Gasteiger partial charge in [-0.05, 0) is 0 Å². The van der Waals surface area contributed by atoms with Crippen molar-refractivity contribution < 1.29 is 14.2 Å². The molecule has 48 valence electrons. The molecular formula is C6H6O3. The zero-order chi connectivity index (χ0) is 6.36. The average Bonchev–Trinajstić information content (AvgIpc) is 2.00. The third-order valence-corrected chi connectivity index (χ3v) is 0.638. The molecule has 1 aliphatic heterocycles. The molecule has 0 saturated heterocycles. The van der Waals surface area contributed by atoms with E-state index in [2.05, 4.69) is 0 Å². The van der Waals surface area contributed by atoms with Gasteiger partial charge in [-0.2, -0.15) is 0 Å². The Kier molecular flexibility index (Phi) is 2.30. The van der Waals surface area contributed by atoms with Gasteiger partial charge in [-0.1, -0.05) is 0 Å². The summed E-state index contributed by atoms with van der Waals surface area (Å²) in [4.78, 5) is 0. The second-order valence-electron chi connectivity index (χ2n) is 1.22. The molecule has 0 radical (unpaired) electrons. The molecule has 0 unspecified atom stereocenters. The summed E-state index contributed by atoms with van der Waals surface area (Å²) in [6.07, 6.45) is 8.39. The lowest BCUT2D eigenvalue weighted by Crippen LogP contribution is -1.64. The molecule has 0 saturated carbocycles. The molecule has 1 aliphatic rings. The summed E-state index contributed by atoms with van der Waals surface area (Å²) in [6, 6.07) is 0. The molecule has 0 aromatic carbocycles. The van der Waals surface area contributed by atoms with Gasteiger partial charge in [0.2, 0.25) is 0 Å².